The van der Waals surface area contributed by atoms with Crippen LogP contribution in [0, 0.1) is 5.82 Å². The third-order valence-electron chi connectivity index (χ3n) is 2.65. The molecule has 0 aromatic heterocycles. The molecule has 0 saturated carbocycles. The molecule has 0 atom stereocenters. The number of hydrogen-bond donors (Lipinski definition) is 3. The van der Waals surface area contributed by atoms with Crippen molar-refractivity contribution in [3.63, 3.8) is 0 Å². The minimum Gasteiger partial charge on any atom is -0.376 e. The molecular formula is C15H13ClFN3O2. The molecule has 2 aromatic carbocycles. The van der Waals surface area contributed by atoms with Crippen molar-refractivity contribution >= 4 is 34.9 Å². The van der Waals surface area contributed by atoms with Gasteiger partial charge in [-0.05, 0) is 30.3 Å². The van der Waals surface area contributed by atoms with E-state index in [1.54, 1.807) is 30.3 Å². The van der Waals surface area contributed by atoms with Gasteiger partial charge in [-0.1, -0.05) is 29.8 Å². The van der Waals surface area contributed by atoms with E-state index < -0.39 is 17.8 Å². The number of urea groups is 1. The molecule has 0 spiro atoms. The maximum Gasteiger partial charge on any atom is 0.326 e. The summed E-state index contributed by atoms with van der Waals surface area (Å²) in [6.07, 6.45) is 0. The Bertz CT molecular complexity index is 694. The zero-order valence-electron chi connectivity index (χ0n) is 11.4. The highest BCUT2D eigenvalue weighted by Crippen LogP contribution is 2.14. The molecule has 3 amide bonds. The number of hydrogen-bond acceptors (Lipinski definition) is 3. The fourth-order valence-electron chi connectivity index (χ4n) is 1.67. The molecule has 0 aliphatic rings. The first-order valence-corrected chi connectivity index (χ1v) is 6.77. The van der Waals surface area contributed by atoms with Gasteiger partial charge in [0, 0.05) is 10.7 Å². The van der Waals surface area contributed by atoms with E-state index in [2.05, 4.69) is 16.0 Å². The van der Waals surface area contributed by atoms with Gasteiger partial charge in [-0.25, -0.2) is 9.18 Å². The quantitative estimate of drug-likeness (QED) is 0.809. The zero-order valence-corrected chi connectivity index (χ0v) is 12.2. The van der Waals surface area contributed by atoms with Crippen LogP contribution in [0.15, 0.2) is 48.5 Å². The van der Waals surface area contributed by atoms with Crippen LogP contribution in [0.4, 0.5) is 20.6 Å². The number of rotatable bonds is 4. The largest absolute Gasteiger partial charge is 0.376 e. The number of anilines is 2. The van der Waals surface area contributed by atoms with Gasteiger partial charge in [0.2, 0.25) is 5.91 Å². The van der Waals surface area contributed by atoms with E-state index in [1.165, 1.54) is 18.2 Å². The molecule has 0 radical (unpaired) electrons. The molecule has 0 unspecified atom stereocenters. The molecular weight excluding hydrogens is 309 g/mol. The van der Waals surface area contributed by atoms with E-state index >= 15 is 0 Å². The monoisotopic (exact) mass is 321 g/mol. The van der Waals surface area contributed by atoms with E-state index in [-0.39, 0.29) is 12.2 Å². The molecule has 3 N–H and O–H groups in total. The van der Waals surface area contributed by atoms with E-state index in [9.17, 15) is 14.0 Å². The highest BCUT2D eigenvalue weighted by atomic mass is 35.5. The second-order valence-corrected chi connectivity index (χ2v) is 4.78. The second kappa shape index (κ2) is 7.42. The number of para-hydroxylation sites is 1. The van der Waals surface area contributed by atoms with Crippen LogP contribution in [0.2, 0.25) is 5.02 Å². The molecule has 5 nitrogen and oxygen atoms in total. The molecule has 0 aliphatic heterocycles. The van der Waals surface area contributed by atoms with Gasteiger partial charge < -0.3 is 10.6 Å². The Morgan fingerprint density at radius 2 is 1.86 bits per heavy atom. The van der Waals surface area contributed by atoms with Crippen molar-refractivity contribution in [2.24, 2.45) is 0 Å². The van der Waals surface area contributed by atoms with Gasteiger partial charge in [0.25, 0.3) is 0 Å². The Labute approximate surface area is 131 Å². The SMILES string of the molecule is O=C(CNc1cccc(Cl)c1)NC(=O)Nc1ccccc1F. The van der Waals surface area contributed by atoms with Crippen molar-refractivity contribution < 1.29 is 14.0 Å². The lowest BCUT2D eigenvalue weighted by Gasteiger charge is -2.09. The van der Waals surface area contributed by atoms with Crippen LogP contribution < -0.4 is 16.0 Å². The second-order valence-electron chi connectivity index (χ2n) is 4.35. The van der Waals surface area contributed by atoms with E-state index in [1.807, 2.05) is 0 Å². The van der Waals surface area contributed by atoms with Gasteiger partial charge >= 0.3 is 6.03 Å². The molecule has 22 heavy (non-hydrogen) atoms. The first kappa shape index (κ1) is 15.8. The number of halogens is 2. The maximum absolute atomic E-state index is 13.3. The van der Waals surface area contributed by atoms with Crippen molar-refractivity contribution in [2.45, 2.75) is 0 Å². The van der Waals surface area contributed by atoms with Gasteiger partial charge in [0.1, 0.15) is 5.82 Å². The first-order chi connectivity index (χ1) is 10.5. The number of benzene rings is 2. The summed E-state index contributed by atoms with van der Waals surface area (Å²) in [7, 11) is 0. The average Bonchev–Trinajstić information content (AvgIpc) is 2.47. The fourth-order valence-corrected chi connectivity index (χ4v) is 1.86. The summed E-state index contributed by atoms with van der Waals surface area (Å²) in [5, 5.41) is 7.69. The first-order valence-electron chi connectivity index (χ1n) is 6.39. The molecule has 7 heteroatoms. The number of carbonyl (C=O) groups is 2. The Morgan fingerprint density at radius 3 is 2.59 bits per heavy atom. The predicted octanol–water partition coefficient (Wildman–Crippen LogP) is 3.24. The zero-order chi connectivity index (χ0) is 15.9. The van der Waals surface area contributed by atoms with Gasteiger partial charge in [0.05, 0.1) is 12.2 Å². The standard InChI is InChI=1S/C15H13ClFN3O2/c16-10-4-3-5-11(8-10)18-9-14(21)20-15(22)19-13-7-2-1-6-12(13)17/h1-8,18H,9H2,(H2,19,20,21,22). The van der Waals surface area contributed by atoms with Gasteiger partial charge in [-0.3, -0.25) is 10.1 Å². The van der Waals surface area contributed by atoms with Crippen molar-refractivity contribution in [2.75, 3.05) is 17.2 Å². The third kappa shape index (κ3) is 4.75. The highest BCUT2D eigenvalue weighted by Gasteiger charge is 2.09. The topological polar surface area (TPSA) is 70.2 Å². The number of carbonyl (C=O) groups excluding carboxylic acids is 2. The summed E-state index contributed by atoms with van der Waals surface area (Å²) < 4.78 is 13.3. The van der Waals surface area contributed by atoms with Crippen molar-refractivity contribution in [1.82, 2.24) is 5.32 Å². The Morgan fingerprint density at radius 1 is 1.09 bits per heavy atom. The van der Waals surface area contributed by atoms with Crippen LogP contribution >= 0.6 is 11.6 Å². The van der Waals surface area contributed by atoms with Crippen LogP contribution in [0.1, 0.15) is 0 Å². The van der Waals surface area contributed by atoms with Crippen LogP contribution in [-0.4, -0.2) is 18.5 Å². The predicted molar refractivity (Wildman–Crippen MR) is 83.5 cm³/mol. The average molecular weight is 322 g/mol. The number of nitrogens with one attached hydrogen (secondary N) is 3. The fraction of sp³-hybridized carbons (Fsp3) is 0.0667. The lowest BCUT2D eigenvalue weighted by atomic mass is 10.3. The highest BCUT2D eigenvalue weighted by molar-refractivity contribution is 6.30. The summed E-state index contributed by atoms with van der Waals surface area (Å²) in [4.78, 5) is 23.2. The third-order valence-corrected chi connectivity index (χ3v) is 2.89. The van der Waals surface area contributed by atoms with Crippen LogP contribution in [-0.2, 0) is 4.79 Å². The molecule has 0 fully saturated rings. The smallest absolute Gasteiger partial charge is 0.326 e. The van der Waals surface area contributed by atoms with E-state index in [0.29, 0.717) is 10.7 Å². The van der Waals surface area contributed by atoms with Crippen LogP contribution in [0.5, 0.6) is 0 Å². The number of imide groups is 1. The Hall–Kier alpha value is -2.60. The lowest BCUT2D eigenvalue weighted by molar-refractivity contribution is -0.118. The van der Waals surface area contributed by atoms with Crippen molar-refractivity contribution in [3.05, 3.63) is 59.4 Å². The minimum absolute atomic E-state index is 0.00407. The molecule has 0 aliphatic carbocycles. The molecule has 0 heterocycles. The van der Waals surface area contributed by atoms with Crippen molar-refractivity contribution in [1.29, 1.82) is 0 Å². The summed E-state index contributed by atoms with van der Waals surface area (Å²) in [5.41, 5.74) is 0.646. The molecule has 114 valence electrons. The molecule has 2 rings (SSSR count). The summed E-state index contributed by atoms with van der Waals surface area (Å²) in [6, 6.07) is 11.7. The van der Waals surface area contributed by atoms with E-state index in [0.717, 1.165) is 0 Å². The molecule has 0 saturated heterocycles. The molecule has 0 bridgehead atoms. The minimum atomic E-state index is -0.803. The van der Waals surface area contributed by atoms with Crippen LogP contribution in [0.25, 0.3) is 0 Å². The summed E-state index contributed by atoms with van der Waals surface area (Å²) in [5.74, 6) is -1.14. The lowest BCUT2D eigenvalue weighted by Crippen LogP contribution is -2.38. The van der Waals surface area contributed by atoms with Crippen molar-refractivity contribution in [3.8, 4) is 0 Å². The summed E-state index contributed by atoms with van der Waals surface area (Å²) >= 11 is 5.81. The Balaban J connectivity index is 1.82. The maximum atomic E-state index is 13.3. The van der Waals surface area contributed by atoms with Gasteiger partial charge in [-0.2, -0.15) is 0 Å². The molecule has 2 aromatic rings. The normalized spacial score (nSPS) is 9.91. The summed E-state index contributed by atoms with van der Waals surface area (Å²) in [6.45, 7) is -0.120. The number of amides is 3. The van der Waals surface area contributed by atoms with Gasteiger partial charge in [0.15, 0.2) is 0 Å². The Kier molecular flexibility index (Phi) is 5.32. The van der Waals surface area contributed by atoms with Crippen LogP contribution in [0.3, 0.4) is 0 Å². The van der Waals surface area contributed by atoms with E-state index in [4.69, 9.17) is 11.6 Å². The van der Waals surface area contributed by atoms with Gasteiger partial charge in [-0.15, -0.1) is 0 Å².